The molecule has 0 aliphatic heterocycles. The molecule has 0 unspecified atom stereocenters. The fraction of sp³-hybridized carbons (Fsp3) is 0.500. The first kappa shape index (κ1) is 15.4. The molecule has 1 aliphatic rings. The molecule has 1 N–H and O–H groups in total. The summed E-state index contributed by atoms with van der Waals surface area (Å²) in [5, 5.41) is 2.82. The molecule has 1 aromatic carbocycles. The van der Waals surface area contributed by atoms with Gasteiger partial charge in [-0.05, 0) is 44.2 Å². The van der Waals surface area contributed by atoms with Crippen molar-refractivity contribution < 1.29 is 19.1 Å². The topological polar surface area (TPSA) is 64.6 Å². The van der Waals surface area contributed by atoms with Crippen molar-refractivity contribution in [1.82, 2.24) is 5.32 Å². The van der Waals surface area contributed by atoms with Crippen LogP contribution in [0.1, 0.15) is 25.3 Å². The van der Waals surface area contributed by atoms with Crippen molar-refractivity contribution >= 4 is 11.9 Å². The molecule has 1 aromatic rings. The van der Waals surface area contributed by atoms with Crippen LogP contribution in [0.5, 0.6) is 5.75 Å². The standard InChI is InChI=1S/C16H21NO4/c1-11-5-3-4-6-14(11)20-10-16(19)21-9-15(18)17-12(2)13-7-8-13/h3-6,12-13H,7-10H2,1-2H3,(H,17,18)/t12-/m0/s1. The average molecular weight is 291 g/mol. The van der Waals surface area contributed by atoms with E-state index in [1.807, 2.05) is 32.0 Å². The third-order valence-electron chi connectivity index (χ3n) is 3.52. The van der Waals surface area contributed by atoms with E-state index in [0.29, 0.717) is 11.7 Å². The Morgan fingerprint density at radius 2 is 2.00 bits per heavy atom. The Labute approximate surface area is 124 Å². The van der Waals surface area contributed by atoms with Crippen molar-refractivity contribution in [2.45, 2.75) is 32.7 Å². The van der Waals surface area contributed by atoms with Crippen LogP contribution >= 0.6 is 0 Å². The molecule has 1 amide bonds. The monoisotopic (exact) mass is 291 g/mol. The molecular formula is C16H21NO4. The van der Waals surface area contributed by atoms with E-state index in [0.717, 1.165) is 18.4 Å². The van der Waals surface area contributed by atoms with Gasteiger partial charge in [0.15, 0.2) is 13.2 Å². The summed E-state index contributed by atoms with van der Waals surface area (Å²) in [7, 11) is 0. The molecule has 5 nitrogen and oxygen atoms in total. The van der Waals surface area contributed by atoms with Crippen LogP contribution in [0.3, 0.4) is 0 Å². The number of carbonyl (C=O) groups is 2. The smallest absolute Gasteiger partial charge is 0.344 e. The van der Waals surface area contributed by atoms with E-state index in [4.69, 9.17) is 9.47 Å². The Balaban J connectivity index is 1.65. The summed E-state index contributed by atoms with van der Waals surface area (Å²) in [5.74, 6) is 0.404. The van der Waals surface area contributed by atoms with Gasteiger partial charge in [0.25, 0.3) is 5.91 Å². The lowest BCUT2D eigenvalue weighted by atomic mass is 10.2. The van der Waals surface area contributed by atoms with Crippen molar-refractivity contribution in [3.8, 4) is 5.75 Å². The number of aryl methyl sites for hydroxylation is 1. The molecule has 0 heterocycles. The number of rotatable bonds is 7. The highest BCUT2D eigenvalue weighted by atomic mass is 16.6. The number of esters is 1. The highest BCUT2D eigenvalue weighted by Gasteiger charge is 2.28. The zero-order chi connectivity index (χ0) is 15.2. The highest BCUT2D eigenvalue weighted by molar-refractivity contribution is 5.81. The van der Waals surface area contributed by atoms with Crippen molar-refractivity contribution in [1.29, 1.82) is 0 Å². The molecule has 1 saturated carbocycles. The average Bonchev–Trinajstić information content (AvgIpc) is 3.29. The van der Waals surface area contributed by atoms with E-state index >= 15 is 0 Å². The molecule has 1 atom stereocenters. The lowest BCUT2D eigenvalue weighted by Gasteiger charge is -2.13. The number of ether oxygens (including phenoxy) is 2. The van der Waals surface area contributed by atoms with Crippen LogP contribution in [0.2, 0.25) is 0 Å². The normalized spacial score (nSPS) is 15.1. The van der Waals surface area contributed by atoms with Crippen molar-refractivity contribution in [2.75, 3.05) is 13.2 Å². The molecule has 2 rings (SSSR count). The van der Waals surface area contributed by atoms with Gasteiger partial charge < -0.3 is 14.8 Å². The first-order chi connectivity index (χ1) is 10.1. The Morgan fingerprint density at radius 3 is 2.67 bits per heavy atom. The minimum absolute atomic E-state index is 0.152. The van der Waals surface area contributed by atoms with Crippen LogP contribution < -0.4 is 10.1 Å². The van der Waals surface area contributed by atoms with Gasteiger partial charge >= 0.3 is 5.97 Å². The molecule has 1 fully saturated rings. The minimum atomic E-state index is -0.549. The zero-order valence-corrected chi connectivity index (χ0v) is 12.4. The third-order valence-corrected chi connectivity index (χ3v) is 3.52. The number of hydrogen-bond acceptors (Lipinski definition) is 4. The predicted octanol–water partition coefficient (Wildman–Crippen LogP) is 1.83. The predicted molar refractivity (Wildman–Crippen MR) is 78.0 cm³/mol. The summed E-state index contributed by atoms with van der Waals surface area (Å²) >= 11 is 0. The van der Waals surface area contributed by atoms with Crippen LogP contribution in [0, 0.1) is 12.8 Å². The first-order valence-electron chi connectivity index (χ1n) is 7.19. The summed E-state index contributed by atoms with van der Waals surface area (Å²) < 4.78 is 10.2. The Morgan fingerprint density at radius 1 is 1.29 bits per heavy atom. The van der Waals surface area contributed by atoms with E-state index in [1.54, 1.807) is 6.07 Å². The molecule has 1 aliphatic carbocycles. The minimum Gasteiger partial charge on any atom is -0.482 e. The van der Waals surface area contributed by atoms with Gasteiger partial charge in [-0.25, -0.2) is 4.79 Å². The number of para-hydroxylation sites is 1. The van der Waals surface area contributed by atoms with Crippen molar-refractivity contribution in [3.05, 3.63) is 29.8 Å². The van der Waals surface area contributed by atoms with E-state index < -0.39 is 5.97 Å². The lowest BCUT2D eigenvalue weighted by molar-refractivity contribution is -0.150. The van der Waals surface area contributed by atoms with Crippen LogP contribution in [0.25, 0.3) is 0 Å². The zero-order valence-electron chi connectivity index (χ0n) is 12.4. The number of benzene rings is 1. The van der Waals surface area contributed by atoms with E-state index in [1.165, 1.54) is 0 Å². The molecule has 0 radical (unpaired) electrons. The molecule has 0 saturated heterocycles. The van der Waals surface area contributed by atoms with E-state index in [-0.39, 0.29) is 25.2 Å². The maximum Gasteiger partial charge on any atom is 0.344 e. The van der Waals surface area contributed by atoms with Gasteiger partial charge in [0.1, 0.15) is 5.75 Å². The molecule has 21 heavy (non-hydrogen) atoms. The van der Waals surface area contributed by atoms with Crippen molar-refractivity contribution in [2.24, 2.45) is 5.92 Å². The quantitative estimate of drug-likeness (QED) is 0.778. The van der Waals surface area contributed by atoms with Gasteiger partial charge in [0.05, 0.1) is 0 Å². The molecule has 5 heteroatoms. The number of hydrogen-bond donors (Lipinski definition) is 1. The van der Waals surface area contributed by atoms with Gasteiger partial charge in [-0.15, -0.1) is 0 Å². The highest BCUT2D eigenvalue weighted by Crippen LogP contribution is 2.32. The summed E-state index contributed by atoms with van der Waals surface area (Å²) in [6, 6.07) is 7.56. The first-order valence-corrected chi connectivity index (χ1v) is 7.19. The lowest BCUT2D eigenvalue weighted by Crippen LogP contribution is -2.37. The van der Waals surface area contributed by atoms with Gasteiger partial charge in [-0.2, -0.15) is 0 Å². The largest absolute Gasteiger partial charge is 0.482 e. The Bertz CT molecular complexity index is 511. The molecule has 114 valence electrons. The summed E-state index contributed by atoms with van der Waals surface area (Å²) in [6.45, 7) is 3.41. The Hall–Kier alpha value is -2.04. The molecule has 0 bridgehead atoms. The fourth-order valence-corrected chi connectivity index (χ4v) is 2.05. The van der Waals surface area contributed by atoms with Crippen LogP contribution in [-0.2, 0) is 14.3 Å². The number of carbonyl (C=O) groups excluding carboxylic acids is 2. The van der Waals surface area contributed by atoms with Gasteiger partial charge in [0.2, 0.25) is 0 Å². The molecule has 0 aromatic heterocycles. The van der Waals surface area contributed by atoms with Crippen LogP contribution in [0.15, 0.2) is 24.3 Å². The maximum absolute atomic E-state index is 11.6. The van der Waals surface area contributed by atoms with Crippen molar-refractivity contribution in [3.63, 3.8) is 0 Å². The summed E-state index contributed by atoms with van der Waals surface area (Å²) in [5.41, 5.74) is 0.946. The van der Waals surface area contributed by atoms with E-state index in [9.17, 15) is 9.59 Å². The van der Waals surface area contributed by atoms with Crippen LogP contribution in [0.4, 0.5) is 0 Å². The van der Waals surface area contributed by atoms with Gasteiger partial charge in [-0.1, -0.05) is 18.2 Å². The fourth-order valence-electron chi connectivity index (χ4n) is 2.05. The second kappa shape index (κ2) is 7.11. The number of amides is 1. The molecule has 0 spiro atoms. The summed E-state index contributed by atoms with van der Waals surface area (Å²) in [4.78, 5) is 23.1. The number of nitrogens with one attached hydrogen (secondary N) is 1. The van der Waals surface area contributed by atoms with Gasteiger partial charge in [0, 0.05) is 6.04 Å². The second-order valence-electron chi connectivity index (χ2n) is 5.41. The molecular weight excluding hydrogens is 270 g/mol. The third kappa shape index (κ3) is 5.10. The van der Waals surface area contributed by atoms with E-state index in [2.05, 4.69) is 5.32 Å². The second-order valence-corrected chi connectivity index (χ2v) is 5.41. The van der Waals surface area contributed by atoms with Gasteiger partial charge in [-0.3, -0.25) is 4.79 Å². The Kier molecular flexibility index (Phi) is 5.20. The van der Waals surface area contributed by atoms with Crippen LogP contribution in [-0.4, -0.2) is 31.1 Å². The SMILES string of the molecule is Cc1ccccc1OCC(=O)OCC(=O)N[C@@H](C)C1CC1. The maximum atomic E-state index is 11.6. The summed E-state index contributed by atoms with van der Waals surface area (Å²) in [6.07, 6.45) is 2.32.